The Labute approximate surface area is 202 Å². The Morgan fingerprint density at radius 2 is 1.39 bits per heavy atom. The van der Waals surface area contributed by atoms with Gasteiger partial charge < -0.3 is 19.0 Å². The number of nitrogens with one attached hydrogen (secondary N) is 2. The Kier molecular flexibility index (Phi) is 5.49. The van der Waals surface area contributed by atoms with Crippen molar-refractivity contribution in [2.24, 2.45) is 0 Å². The standard InChI is InChI=1S/C12H10IN3O.C12H11N3O/c1-6-11(7(2)17-16-6)8-3-10-12(15-4-8)9(13)5-14-10;1-7-12(8(2)16-15-7)9-5-11-10(14-6-9)3-4-13-11/h3-5,14H,1-2H3;3-6,13H,1-2H3. The molecular weight excluding hydrogens is 531 g/mol. The lowest BCUT2D eigenvalue weighted by molar-refractivity contribution is 0.393. The molecule has 0 saturated heterocycles. The summed E-state index contributed by atoms with van der Waals surface area (Å²) in [5.74, 6) is 1.65. The van der Waals surface area contributed by atoms with Gasteiger partial charge in [-0.25, -0.2) is 0 Å². The molecule has 0 radical (unpaired) electrons. The monoisotopic (exact) mass is 552 g/mol. The molecule has 0 saturated carbocycles. The summed E-state index contributed by atoms with van der Waals surface area (Å²) in [4.78, 5) is 15.2. The molecule has 9 heteroatoms. The number of hydrogen-bond acceptors (Lipinski definition) is 6. The molecule has 6 rings (SSSR count). The Bertz CT molecular complexity index is 1550. The molecule has 2 N–H and O–H groups in total. The van der Waals surface area contributed by atoms with Gasteiger partial charge in [-0.3, -0.25) is 9.97 Å². The molecule has 0 aliphatic carbocycles. The molecule has 0 aromatic carbocycles. The van der Waals surface area contributed by atoms with Gasteiger partial charge in [0.25, 0.3) is 0 Å². The first kappa shape index (κ1) is 21.4. The molecule has 0 aliphatic rings. The lowest BCUT2D eigenvalue weighted by Gasteiger charge is -2.00. The topological polar surface area (TPSA) is 109 Å². The van der Waals surface area contributed by atoms with Gasteiger partial charge in [0.15, 0.2) is 0 Å². The summed E-state index contributed by atoms with van der Waals surface area (Å²) in [5, 5.41) is 7.91. The van der Waals surface area contributed by atoms with E-state index in [0.717, 1.165) is 70.8 Å². The van der Waals surface area contributed by atoms with Gasteiger partial charge in [-0.15, -0.1) is 0 Å². The fraction of sp³-hybridized carbons (Fsp3) is 0.167. The minimum absolute atomic E-state index is 0.824. The van der Waals surface area contributed by atoms with Gasteiger partial charge >= 0.3 is 0 Å². The van der Waals surface area contributed by atoms with E-state index in [9.17, 15) is 0 Å². The van der Waals surface area contributed by atoms with E-state index in [1.165, 1.54) is 0 Å². The zero-order valence-corrected chi connectivity index (χ0v) is 20.7. The van der Waals surface area contributed by atoms with Crippen molar-refractivity contribution < 1.29 is 9.05 Å². The van der Waals surface area contributed by atoms with Gasteiger partial charge in [0.1, 0.15) is 17.0 Å². The summed E-state index contributed by atoms with van der Waals surface area (Å²) in [6, 6.07) is 6.10. The maximum absolute atomic E-state index is 5.18. The van der Waals surface area contributed by atoms with Crippen LogP contribution >= 0.6 is 22.6 Å². The van der Waals surface area contributed by atoms with E-state index in [1.807, 2.05) is 58.5 Å². The van der Waals surface area contributed by atoms with Gasteiger partial charge in [-0.1, -0.05) is 10.3 Å². The zero-order valence-electron chi connectivity index (χ0n) is 18.5. The second-order valence-corrected chi connectivity index (χ2v) is 8.95. The van der Waals surface area contributed by atoms with Crippen molar-refractivity contribution in [3.05, 3.63) is 69.5 Å². The summed E-state index contributed by atoms with van der Waals surface area (Å²) < 4.78 is 11.5. The number of rotatable bonds is 2. The molecule has 0 spiro atoms. The highest BCUT2D eigenvalue weighted by Gasteiger charge is 2.14. The smallest absolute Gasteiger partial charge is 0.141 e. The number of H-pyrrole nitrogens is 2. The summed E-state index contributed by atoms with van der Waals surface area (Å²) in [5.41, 5.74) is 9.95. The predicted molar refractivity (Wildman–Crippen MR) is 135 cm³/mol. The van der Waals surface area contributed by atoms with E-state index in [0.29, 0.717) is 0 Å². The SMILES string of the molecule is Cc1noc(C)c1-c1cnc2c(I)c[nH]c2c1.Cc1noc(C)c1-c1cnc2cc[nH]c2c1. The molecule has 0 unspecified atom stereocenters. The second kappa shape index (κ2) is 8.47. The van der Waals surface area contributed by atoms with E-state index in [2.05, 4.69) is 65.0 Å². The minimum Gasteiger partial charge on any atom is -0.361 e. The zero-order chi connectivity index (χ0) is 23.1. The Morgan fingerprint density at radius 3 is 2.00 bits per heavy atom. The highest BCUT2D eigenvalue weighted by Crippen LogP contribution is 2.29. The lowest BCUT2D eigenvalue weighted by Crippen LogP contribution is -1.85. The summed E-state index contributed by atoms with van der Waals surface area (Å²) in [7, 11) is 0. The quantitative estimate of drug-likeness (QED) is 0.245. The van der Waals surface area contributed by atoms with Gasteiger partial charge in [0, 0.05) is 47.0 Å². The molecule has 6 heterocycles. The van der Waals surface area contributed by atoms with Crippen LogP contribution in [0.5, 0.6) is 0 Å². The van der Waals surface area contributed by atoms with Crippen LogP contribution in [0.15, 0.2) is 52.0 Å². The first-order valence-corrected chi connectivity index (χ1v) is 11.4. The van der Waals surface area contributed by atoms with Gasteiger partial charge in [-0.05, 0) is 68.5 Å². The van der Waals surface area contributed by atoms with Crippen molar-refractivity contribution in [3.8, 4) is 22.3 Å². The van der Waals surface area contributed by atoms with Crippen LogP contribution < -0.4 is 0 Å². The molecule has 6 aromatic rings. The molecule has 8 nitrogen and oxygen atoms in total. The van der Waals surface area contributed by atoms with Crippen LogP contribution in [-0.4, -0.2) is 30.2 Å². The van der Waals surface area contributed by atoms with E-state index in [-0.39, 0.29) is 0 Å². The van der Waals surface area contributed by atoms with Crippen LogP contribution in [0.2, 0.25) is 0 Å². The average Bonchev–Trinajstić information content (AvgIpc) is 3.57. The number of aryl methyl sites for hydroxylation is 4. The van der Waals surface area contributed by atoms with Crippen molar-refractivity contribution in [3.63, 3.8) is 0 Å². The van der Waals surface area contributed by atoms with Crippen LogP contribution in [0.4, 0.5) is 0 Å². The lowest BCUT2D eigenvalue weighted by atomic mass is 10.1. The number of nitrogens with zero attached hydrogens (tertiary/aromatic N) is 4. The number of halogens is 1. The Balaban J connectivity index is 0.000000139. The van der Waals surface area contributed by atoms with Crippen LogP contribution in [0, 0.1) is 31.3 Å². The van der Waals surface area contributed by atoms with E-state index in [1.54, 1.807) is 0 Å². The third-order valence-corrected chi connectivity index (χ3v) is 6.33. The Hall–Kier alpha value is -3.47. The van der Waals surface area contributed by atoms with Gasteiger partial charge in [0.2, 0.25) is 0 Å². The first-order chi connectivity index (χ1) is 15.9. The third-order valence-electron chi connectivity index (χ3n) is 5.51. The second-order valence-electron chi connectivity index (χ2n) is 7.79. The van der Waals surface area contributed by atoms with E-state index < -0.39 is 0 Å². The molecule has 166 valence electrons. The fourth-order valence-electron chi connectivity index (χ4n) is 3.97. The highest BCUT2D eigenvalue weighted by molar-refractivity contribution is 14.1. The van der Waals surface area contributed by atoms with Crippen molar-refractivity contribution in [1.29, 1.82) is 0 Å². The maximum Gasteiger partial charge on any atom is 0.141 e. The molecule has 0 bridgehead atoms. The van der Waals surface area contributed by atoms with Crippen molar-refractivity contribution in [2.45, 2.75) is 27.7 Å². The largest absolute Gasteiger partial charge is 0.361 e. The molecule has 6 aromatic heterocycles. The molecule has 0 atom stereocenters. The Morgan fingerprint density at radius 1 is 0.788 bits per heavy atom. The van der Waals surface area contributed by atoms with Crippen molar-refractivity contribution in [1.82, 2.24) is 30.2 Å². The van der Waals surface area contributed by atoms with Crippen LogP contribution in [0.3, 0.4) is 0 Å². The van der Waals surface area contributed by atoms with Crippen molar-refractivity contribution in [2.75, 3.05) is 0 Å². The molecular formula is C24H21IN6O2. The molecule has 0 amide bonds. The number of aromatic amines is 2. The van der Waals surface area contributed by atoms with Gasteiger partial charge in [-0.2, -0.15) is 0 Å². The number of hydrogen-bond donors (Lipinski definition) is 2. The predicted octanol–water partition coefficient (Wildman–Crippen LogP) is 6.27. The van der Waals surface area contributed by atoms with E-state index >= 15 is 0 Å². The van der Waals surface area contributed by atoms with Crippen LogP contribution in [0.1, 0.15) is 22.9 Å². The molecule has 33 heavy (non-hydrogen) atoms. The summed E-state index contributed by atoms with van der Waals surface area (Å²) in [6.07, 6.45) is 7.55. The van der Waals surface area contributed by atoms with Crippen molar-refractivity contribution >= 4 is 44.7 Å². The number of fused-ring (bicyclic) bond motifs is 2. The fourth-order valence-corrected chi connectivity index (χ4v) is 4.56. The maximum atomic E-state index is 5.18. The van der Waals surface area contributed by atoms with Crippen LogP contribution in [0.25, 0.3) is 44.3 Å². The van der Waals surface area contributed by atoms with E-state index in [4.69, 9.17) is 9.05 Å². The number of pyridine rings is 2. The third kappa shape index (κ3) is 3.92. The average molecular weight is 552 g/mol. The van der Waals surface area contributed by atoms with Gasteiger partial charge in [0.05, 0.1) is 31.5 Å². The summed E-state index contributed by atoms with van der Waals surface area (Å²) in [6.45, 7) is 7.70. The molecule has 0 fully saturated rings. The summed E-state index contributed by atoms with van der Waals surface area (Å²) >= 11 is 2.27. The minimum atomic E-state index is 0.824. The molecule has 0 aliphatic heterocycles. The number of aromatic nitrogens is 6. The highest BCUT2D eigenvalue weighted by atomic mass is 127. The van der Waals surface area contributed by atoms with Crippen LogP contribution in [-0.2, 0) is 0 Å². The first-order valence-electron chi connectivity index (χ1n) is 10.3. The normalized spacial score (nSPS) is 11.2.